The van der Waals surface area contributed by atoms with Crippen LogP contribution in [-0.4, -0.2) is 36.7 Å². The molecule has 0 saturated carbocycles. The molecule has 0 spiro atoms. The summed E-state index contributed by atoms with van der Waals surface area (Å²) in [6.07, 6.45) is 2.50. The van der Waals surface area contributed by atoms with Crippen molar-refractivity contribution in [3.63, 3.8) is 0 Å². The Bertz CT molecular complexity index is 885. The zero-order chi connectivity index (χ0) is 20.5. The van der Waals surface area contributed by atoms with E-state index >= 15 is 0 Å². The highest BCUT2D eigenvalue weighted by atomic mass is 35.5. The number of ether oxygens (including phenoxy) is 1. The number of nitrogens with zero attached hydrogens (tertiary/aromatic N) is 2. The van der Waals surface area contributed by atoms with E-state index in [4.69, 9.17) is 22.1 Å². The van der Waals surface area contributed by atoms with Gasteiger partial charge in [0.25, 0.3) is 0 Å². The minimum absolute atomic E-state index is 0.148. The lowest BCUT2D eigenvalue weighted by molar-refractivity contribution is 0.107. The molecule has 2 fully saturated rings. The SMILES string of the molecule is C/C=C1/O[C@@H](CN2CCC(N)C2)[C@H](c2cc(F)cc(F)c2)N1c1ccc(Cl)cc1. The normalized spacial score (nSPS) is 26.3. The van der Waals surface area contributed by atoms with Gasteiger partial charge in [-0.3, -0.25) is 4.90 Å². The molecule has 4 nitrogen and oxygen atoms in total. The maximum absolute atomic E-state index is 14.1. The predicted molar refractivity (Wildman–Crippen MR) is 111 cm³/mol. The van der Waals surface area contributed by atoms with E-state index in [1.807, 2.05) is 30.0 Å². The molecule has 2 aromatic carbocycles. The van der Waals surface area contributed by atoms with Gasteiger partial charge >= 0.3 is 0 Å². The summed E-state index contributed by atoms with van der Waals surface area (Å²) in [7, 11) is 0. The van der Waals surface area contributed by atoms with Crippen molar-refractivity contribution >= 4 is 17.3 Å². The number of anilines is 1. The van der Waals surface area contributed by atoms with Crippen LogP contribution in [0.4, 0.5) is 14.5 Å². The van der Waals surface area contributed by atoms with Crippen molar-refractivity contribution in [3.8, 4) is 0 Å². The lowest BCUT2D eigenvalue weighted by Gasteiger charge is -2.29. The third kappa shape index (κ3) is 4.25. The van der Waals surface area contributed by atoms with Crippen LogP contribution in [0.2, 0.25) is 5.02 Å². The molecule has 1 unspecified atom stereocenters. The van der Waals surface area contributed by atoms with E-state index in [0.717, 1.165) is 31.3 Å². The molecule has 2 heterocycles. The number of nitrogens with two attached hydrogens (primary N) is 1. The Balaban J connectivity index is 1.75. The first-order valence-electron chi connectivity index (χ1n) is 9.76. The van der Waals surface area contributed by atoms with E-state index < -0.39 is 11.6 Å². The molecule has 0 aliphatic carbocycles. The third-order valence-corrected chi connectivity index (χ3v) is 5.72. The highest BCUT2D eigenvalue weighted by molar-refractivity contribution is 6.30. The standard InChI is InChI=1S/C22H24ClF2N3O/c1-2-21-28(19-5-3-15(23)4-6-19)22(14-9-16(24)11-17(25)10-14)20(29-21)13-27-8-7-18(26)12-27/h2-6,9-11,18,20,22H,7-8,12-13,26H2,1H3/b21-2+/t18?,20-,22-/m0/s1. The second-order valence-electron chi connectivity index (χ2n) is 7.59. The lowest BCUT2D eigenvalue weighted by atomic mass is 9.99. The largest absolute Gasteiger partial charge is 0.472 e. The van der Waals surface area contributed by atoms with E-state index in [9.17, 15) is 8.78 Å². The van der Waals surface area contributed by atoms with Crippen LogP contribution in [-0.2, 0) is 4.74 Å². The van der Waals surface area contributed by atoms with Crippen molar-refractivity contribution in [2.45, 2.75) is 31.5 Å². The van der Waals surface area contributed by atoms with Crippen LogP contribution >= 0.6 is 11.6 Å². The second kappa shape index (κ2) is 8.30. The summed E-state index contributed by atoms with van der Waals surface area (Å²) in [6, 6.07) is 10.7. The topological polar surface area (TPSA) is 41.7 Å². The molecule has 4 rings (SSSR count). The fourth-order valence-corrected chi connectivity index (χ4v) is 4.33. The van der Waals surface area contributed by atoms with Gasteiger partial charge in [0, 0.05) is 35.9 Å². The van der Waals surface area contributed by atoms with E-state index in [1.54, 1.807) is 12.1 Å². The monoisotopic (exact) mass is 419 g/mol. The van der Waals surface area contributed by atoms with Crippen LogP contribution in [0.1, 0.15) is 24.9 Å². The van der Waals surface area contributed by atoms with Crippen molar-refractivity contribution in [2.75, 3.05) is 24.5 Å². The summed E-state index contributed by atoms with van der Waals surface area (Å²) in [5.41, 5.74) is 7.43. The summed E-state index contributed by atoms with van der Waals surface area (Å²) >= 11 is 6.06. The molecule has 0 amide bonds. The van der Waals surface area contributed by atoms with Gasteiger partial charge in [0.2, 0.25) is 0 Å². The molecule has 2 aromatic rings. The van der Waals surface area contributed by atoms with Crippen LogP contribution in [0, 0.1) is 11.6 Å². The minimum atomic E-state index is -0.605. The number of rotatable bonds is 4. The van der Waals surface area contributed by atoms with Crippen LogP contribution in [0.3, 0.4) is 0 Å². The van der Waals surface area contributed by atoms with E-state index in [-0.39, 0.29) is 18.2 Å². The van der Waals surface area contributed by atoms with Crippen molar-refractivity contribution in [3.05, 3.63) is 76.6 Å². The van der Waals surface area contributed by atoms with Gasteiger partial charge in [-0.2, -0.15) is 0 Å². The smallest absolute Gasteiger partial charge is 0.190 e. The molecule has 3 atom stereocenters. The Morgan fingerprint density at radius 2 is 1.86 bits per heavy atom. The van der Waals surface area contributed by atoms with Crippen molar-refractivity contribution in [1.82, 2.24) is 4.90 Å². The molecule has 0 bridgehead atoms. The Morgan fingerprint density at radius 3 is 2.45 bits per heavy atom. The van der Waals surface area contributed by atoms with Gasteiger partial charge < -0.3 is 15.4 Å². The average molecular weight is 420 g/mol. The van der Waals surface area contributed by atoms with Gasteiger partial charge in [-0.05, 0) is 67.9 Å². The van der Waals surface area contributed by atoms with Gasteiger partial charge in [-0.25, -0.2) is 8.78 Å². The van der Waals surface area contributed by atoms with E-state index in [0.29, 0.717) is 23.0 Å². The molecule has 2 aliphatic rings. The number of halogens is 3. The molecule has 2 N–H and O–H groups in total. The summed E-state index contributed by atoms with van der Waals surface area (Å²) < 4.78 is 34.4. The number of hydrogen-bond donors (Lipinski definition) is 1. The summed E-state index contributed by atoms with van der Waals surface area (Å²) in [5.74, 6) is -0.561. The van der Waals surface area contributed by atoms with Crippen LogP contribution in [0.5, 0.6) is 0 Å². The van der Waals surface area contributed by atoms with Crippen LogP contribution < -0.4 is 10.6 Å². The highest BCUT2D eigenvalue weighted by Gasteiger charge is 2.42. The summed E-state index contributed by atoms with van der Waals surface area (Å²) in [4.78, 5) is 4.22. The van der Waals surface area contributed by atoms with E-state index in [2.05, 4.69) is 4.90 Å². The second-order valence-corrected chi connectivity index (χ2v) is 8.02. The van der Waals surface area contributed by atoms with Crippen molar-refractivity contribution < 1.29 is 13.5 Å². The zero-order valence-corrected chi connectivity index (χ0v) is 16.9. The fraction of sp³-hybridized carbons (Fsp3) is 0.364. The molecule has 0 aromatic heterocycles. The molecule has 2 aliphatic heterocycles. The maximum Gasteiger partial charge on any atom is 0.190 e. The van der Waals surface area contributed by atoms with Gasteiger partial charge in [0.15, 0.2) is 5.88 Å². The van der Waals surface area contributed by atoms with E-state index in [1.165, 1.54) is 12.1 Å². The number of allylic oxidation sites excluding steroid dienone is 1. The summed E-state index contributed by atoms with van der Waals surface area (Å²) in [5, 5.41) is 0.617. The van der Waals surface area contributed by atoms with Gasteiger partial charge in [-0.15, -0.1) is 0 Å². The highest BCUT2D eigenvalue weighted by Crippen LogP contribution is 2.42. The molecule has 154 valence electrons. The minimum Gasteiger partial charge on any atom is -0.472 e. The van der Waals surface area contributed by atoms with Gasteiger partial charge in [-0.1, -0.05) is 11.6 Å². The number of likely N-dealkylation sites (tertiary alicyclic amines) is 1. The molecule has 0 radical (unpaired) electrons. The lowest BCUT2D eigenvalue weighted by Crippen LogP contribution is -2.37. The van der Waals surface area contributed by atoms with Crippen molar-refractivity contribution in [1.29, 1.82) is 0 Å². The predicted octanol–water partition coefficient (Wildman–Crippen LogP) is 4.46. The molecule has 2 saturated heterocycles. The fourth-order valence-electron chi connectivity index (χ4n) is 4.21. The summed E-state index contributed by atoms with van der Waals surface area (Å²) in [6.45, 7) is 4.18. The maximum atomic E-state index is 14.1. The molecule has 29 heavy (non-hydrogen) atoms. The zero-order valence-electron chi connectivity index (χ0n) is 16.2. The number of benzene rings is 2. The first-order valence-corrected chi connectivity index (χ1v) is 10.1. The van der Waals surface area contributed by atoms with Gasteiger partial charge in [0.05, 0.1) is 0 Å². The third-order valence-electron chi connectivity index (χ3n) is 5.47. The molecular formula is C22H24ClF2N3O. The average Bonchev–Trinajstić information content (AvgIpc) is 3.25. The van der Waals surface area contributed by atoms with Crippen molar-refractivity contribution in [2.24, 2.45) is 5.73 Å². The Hall–Kier alpha value is -2.15. The first kappa shape index (κ1) is 20.1. The van der Waals surface area contributed by atoms with Crippen LogP contribution in [0.15, 0.2) is 54.4 Å². The Labute approximate surface area is 174 Å². The van der Waals surface area contributed by atoms with Gasteiger partial charge in [0.1, 0.15) is 23.8 Å². The Kier molecular flexibility index (Phi) is 5.76. The van der Waals surface area contributed by atoms with Crippen LogP contribution in [0.25, 0.3) is 0 Å². The molecular weight excluding hydrogens is 396 g/mol. The first-order chi connectivity index (χ1) is 13.9. The quantitative estimate of drug-likeness (QED) is 0.794. The molecule has 7 heteroatoms. The number of hydrogen-bond acceptors (Lipinski definition) is 4. The Morgan fingerprint density at radius 1 is 1.17 bits per heavy atom.